The standard InChI is InChI=1S/C18H19N5O2/c1-3-14-6-4-5-13(2)18(14)20-17(24)11-25-16-9-7-15(8-10-16)23-12-19-21-22-23/h4-10,12H,3,11H2,1-2H3,(H,20,24). The Kier molecular flexibility index (Phi) is 5.03. The number of para-hydroxylation sites is 1. The number of rotatable bonds is 6. The van der Waals surface area contributed by atoms with E-state index in [1.165, 1.54) is 6.33 Å². The maximum atomic E-state index is 12.2. The van der Waals surface area contributed by atoms with E-state index in [4.69, 9.17) is 4.74 Å². The van der Waals surface area contributed by atoms with E-state index in [9.17, 15) is 4.79 Å². The van der Waals surface area contributed by atoms with Gasteiger partial charge in [-0.25, -0.2) is 4.68 Å². The smallest absolute Gasteiger partial charge is 0.262 e. The molecule has 3 rings (SSSR count). The Labute approximate surface area is 145 Å². The second kappa shape index (κ2) is 7.57. The summed E-state index contributed by atoms with van der Waals surface area (Å²) in [7, 11) is 0. The van der Waals surface area contributed by atoms with E-state index in [1.54, 1.807) is 16.8 Å². The van der Waals surface area contributed by atoms with Crippen LogP contribution in [0.15, 0.2) is 48.8 Å². The van der Waals surface area contributed by atoms with Crippen LogP contribution >= 0.6 is 0 Å². The summed E-state index contributed by atoms with van der Waals surface area (Å²) in [4.78, 5) is 12.2. The minimum atomic E-state index is -0.187. The molecule has 128 valence electrons. The number of anilines is 1. The number of ether oxygens (including phenoxy) is 1. The molecule has 3 aromatic rings. The van der Waals surface area contributed by atoms with Crippen molar-refractivity contribution in [2.45, 2.75) is 20.3 Å². The number of carbonyl (C=O) groups is 1. The first-order valence-corrected chi connectivity index (χ1v) is 8.02. The lowest BCUT2D eigenvalue weighted by atomic mass is 10.1. The van der Waals surface area contributed by atoms with Crippen molar-refractivity contribution in [2.24, 2.45) is 0 Å². The average Bonchev–Trinajstić information content (AvgIpc) is 3.17. The lowest BCUT2D eigenvalue weighted by molar-refractivity contribution is -0.118. The number of nitrogens with one attached hydrogen (secondary N) is 1. The molecule has 1 amide bonds. The Hall–Kier alpha value is -3.22. The summed E-state index contributed by atoms with van der Waals surface area (Å²) in [6.45, 7) is 3.99. The second-order valence-corrected chi connectivity index (χ2v) is 5.55. The molecular weight excluding hydrogens is 318 g/mol. The monoisotopic (exact) mass is 337 g/mol. The van der Waals surface area contributed by atoms with Gasteiger partial charge in [0, 0.05) is 5.69 Å². The molecule has 0 saturated heterocycles. The highest BCUT2D eigenvalue weighted by Gasteiger charge is 2.09. The van der Waals surface area contributed by atoms with Crippen LogP contribution in [0.5, 0.6) is 5.75 Å². The molecule has 1 aromatic heterocycles. The van der Waals surface area contributed by atoms with Crippen LogP contribution in [0.1, 0.15) is 18.1 Å². The molecule has 0 aliphatic rings. The Morgan fingerprint density at radius 3 is 2.68 bits per heavy atom. The third kappa shape index (κ3) is 4.00. The summed E-state index contributed by atoms with van der Waals surface area (Å²) in [5, 5.41) is 13.9. The van der Waals surface area contributed by atoms with Crippen molar-refractivity contribution in [2.75, 3.05) is 11.9 Å². The minimum Gasteiger partial charge on any atom is -0.484 e. The van der Waals surface area contributed by atoms with Gasteiger partial charge >= 0.3 is 0 Å². The lowest BCUT2D eigenvalue weighted by Gasteiger charge is -2.13. The van der Waals surface area contributed by atoms with E-state index in [1.807, 2.05) is 37.3 Å². The lowest BCUT2D eigenvalue weighted by Crippen LogP contribution is -2.21. The molecule has 0 unspecified atom stereocenters. The molecule has 0 bridgehead atoms. The summed E-state index contributed by atoms with van der Waals surface area (Å²) in [6.07, 6.45) is 2.37. The number of aryl methyl sites for hydroxylation is 2. The number of tetrazole rings is 1. The summed E-state index contributed by atoms with van der Waals surface area (Å²) in [5.74, 6) is 0.418. The first-order chi connectivity index (χ1) is 12.2. The van der Waals surface area contributed by atoms with Gasteiger partial charge in [0.15, 0.2) is 6.61 Å². The topological polar surface area (TPSA) is 81.9 Å². The SMILES string of the molecule is CCc1cccc(C)c1NC(=O)COc1ccc(-n2cnnn2)cc1. The van der Waals surface area contributed by atoms with Gasteiger partial charge in [-0.15, -0.1) is 5.10 Å². The molecule has 25 heavy (non-hydrogen) atoms. The molecule has 1 heterocycles. The van der Waals surface area contributed by atoms with Crippen molar-refractivity contribution in [3.63, 3.8) is 0 Å². The van der Waals surface area contributed by atoms with Crippen molar-refractivity contribution < 1.29 is 9.53 Å². The normalized spacial score (nSPS) is 10.5. The largest absolute Gasteiger partial charge is 0.484 e. The number of hydrogen-bond donors (Lipinski definition) is 1. The molecule has 1 N–H and O–H groups in total. The quantitative estimate of drug-likeness (QED) is 0.747. The van der Waals surface area contributed by atoms with Crippen molar-refractivity contribution in [3.05, 3.63) is 59.9 Å². The molecule has 0 saturated carbocycles. The number of nitrogens with zero attached hydrogens (tertiary/aromatic N) is 4. The van der Waals surface area contributed by atoms with Crippen molar-refractivity contribution in [1.82, 2.24) is 20.2 Å². The van der Waals surface area contributed by atoms with Gasteiger partial charge < -0.3 is 10.1 Å². The molecule has 0 spiro atoms. The van der Waals surface area contributed by atoms with Gasteiger partial charge in [-0.05, 0) is 59.2 Å². The first kappa shape index (κ1) is 16.6. The summed E-state index contributed by atoms with van der Waals surface area (Å²) >= 11 is 0. The molecular formula is C18H19N5O2. The van der Waals surface area contributed by atoms with Gasteiger partial charge in [0.2, 0.25) is 0 Å². The second-order valence-electron chi connectivity index (χ2n) is 5.55. The van der Waals surface area contributed by atoms with Crippen LogP contribution in [-0.2, 0) is 11.2 Å². The van der Waals surface area contributed by atoms with Crippen LogP contribution < -0.4 is 10.1 Å². The zero-order valence-electron chi connectivity index (χ0n) is 14.1. The number of carbonyl (C=O) groups excluding carboxylic acids is 1. The van der Waals surface area contributed by atoms with Crippen LogP contribution in [-0.4, -0.2) is 32.7 Å². The molecule has 7 nitrogen and oxygen atoms in total. The van der Waals surface area contributed by atoms with E-state index in [2.05, 4.69) is 27.8 Å². The van der Waals surface area contributed by atoms with Gasteiger partial charge in [0.05, 0.1) is 5.69 Å². The highest BCUT2D eigenvalue weighted by molar-refractivity contribution is 5.93. The van der Waals surface area contributed by atoms with Crippen LogP contribution in [0.25, 0.3) is 5.69 Å². The first-order valence-electron chi connectivity index (χ1n) is 8.02. The predicted octanol–water partition coefficient (Wildman–Crippen LogP) is 2.55. The van der Waals surface area contributed by atoms with Crippen molar-refractivity contribution in [3.8, 4) is 11.4 Å². The van der Waals surface area contributed by atoms with Crippen LogP contribution in [0.2, 0.25) is 0 Å². The van der Waals surface area contributed by atoms with Gasteiger partial charge in [0.1, 0.15) is 12.1 Å². The maximum absolute atomic E-state index is 12.2. The van der Waals surface area contributed by atoms with Crippen LogP contribution in [0.4, 0.5) is 5.69 Å². The highest BCUT2D eigenvalue weighted by Crippen LogP contribution is 2.21. The van der Waals surface area contributed by atoms with E-state index in [0.717, 1.165) is 28.9 Å². The molecule has 0 aliphatic carbocycles. The molecule has 0 fully saturated rings. The third-order valence-electron chi connectivity index (χ3n) is 3.82. The summed E-state index contributed by atoms with van der Waals surface area (Å²) < 4.78 is 7.10. The fourth-order valence-electron chi connectivity index (χ4n) is 2.50. The Bertz CT molecular complexity index is 844. The summed E-state index contributed by atoms with van der Waals surface area (Å²) in [5.41, 5.74) is 3.83. The highest BCUT2D eigenvalue weighted by atomic mass is 16.5. The van der Waals surface area contributed by atoms with E-state index in [0.29, 0.717) is 5.75 Å². The van der Waals surface area contributed by atoms with Gasteiger partial charge in [-0.1, -0.05) is 25.1 Å². The van der Waals surface area contributed by atoms with Crippen LogP contribution in [0.3, 0.4) is 0 Å². The number of aromatic nitrogens is 4. The van der Waals surface area contributed by atoms with Crippen molar-refractivity contribution in [1.29, 1.82) is 0 Å². The zero-order chi connectivity index (χ0) is 17.6. The Morgan fingerprint density at radius 1 is 1.20 bits per heavy atom. The van der Waals surface area contributed by atoms with Gasteiger partial charge in [-0.3, -0.25) is 4.79 Å². The molecule has 7 heteroatoms. The Balaban J connectivity index is 1.59. The number of benzene rings is 2. The third-order valence-corrected chi connectivity index (χ3v) is 3.82. The van der Waals surface area contributed by atoms with Crippen molar-refractivity contribution >= 4 is 11.6 Å². The molecule has 0 radical (unpaired) electrons. The van der Waals surface area contributed by atoms with E-state index >= 15 is 0 Å². The fourth-order valence-corrected chi connectivity index (χ4v) is 2.50. The number of amides is 1. The van der Waals surface area contributed by atoms with E-state index < -0.39 is 0 Å². The maximum Gasteiger partial charge on any atom is 0.262 e. The average molecular weight is 337 g/mol. The Morgan fingerprint density at radius 2 is 2.00 bits per heavy atom. The predicted molar refractivity (Wildman–Crippen MR) is 93.8 cm³/mol. The molecule has 0 atom stereocenters. The zero-order valence-corrected chi connectivity index (χ0v) is 14.1. The summed E-state index contributed by atoms with van der Waals surface area (Å²) in [6, 6.07) is 13.2. The van der Waals surface area contributed by atoms with Gasteiger partial charge in [-0.2, -0.15) is 0 Å². The number of hydrogen-bond acceptors (Lipinski definition) is 5. The fraction of sp³-hybridized carbons (Fsp3) is 0.222. The minimum absolute atomic E-state index is 0.0539. The molecule has 0 aliphatic heterocycles. The van der Waals surface area contributed by atoms with Crippen LogP contribution in [0, 0.1) is 6.92 Å². The van der Waals surface area contributed by atoms with Gasteiger partial charge in [0.25, 0.3) is 5.91 Å². The van der Waals surface area contributed by atoms with E-state index in [-0.39, 0.29) is 12.5 Å². The molecule has 2 aromatic carbocycles.